The van der Waals surface area contributed by atoms with Crippen molar-refractivity contribution in [3.8, 4) is 5.75 Å². The molecule has 1 aromatic rings. The first kappa shape index (κ1) is 14.8. The summed E-state index contributed by atoms with van der Waals surface area (Å²) in [6, 6.07) is 4.57. The lowest BCUT2D eigenvalue weighted by Crippen LogP contribution is -2.33. The van der Waals surface area contributed by atoms with Gasteiger partial charge in [-0.1, -0.05) is 0 Å². The number of hydrogen-bond donors (Lipinski definition) is 2. The quantitative estimate of drug-likeness (QED) is 0.870. The van der Waals surface area contributed by atoms with E-state index in [0.717, 1.165) is 18.4 Å². The van der Waals surface area contributed by atoms with E-state index in [4.69, 9.17) is 9.84 Å². The molecule has 2 rings (SSSR count). The predicted molar refractivity (Wildman–Crippen MR) is 72.3 cm³/mol. The maximum Gasteiger partial charge on any atom is 0.318 e. The number of fused-ring (bicyclic) bond motifs is 1. The molecule has 7 heteroatoms. The van der Waals surface area contributed by atoms with E-state index in [1.165, 1.54) is 12.1 Å². The van der Waals surface area contributed by atoms with Gasteiger partial charge in [-0.2, -0.15) is 4.72 Å². The van der Waals surface area contributed by atoms with E-state index in [-0.39, 0.29) is 10.5 Å². The Morgan fingerprint density at radius 1 is 1.45 bits per heavy atom. The molecule has 0 radical (unpaired) electrons. The van der Waals surface area contributed by atoms with Crippen LogP contribution in [0.1, 0.15) is 25.8 Å². The summed E-state index contributed by atoms with van der Waals surface area (Å²) in [5.74, 6) is -0.546. The topological polar surface area (TPSA) is 92.7 Å². The molecule has 0 fully saturated rings. The largest absolute Gasteiger partial charge is 0.488 e. The van der Waals surface area contributed by atoms with Crippen LogP contribution < -0.4 is 9.46 Å². The molecule has 0 saturated carbocycles. The first-order valence-electron chi connectivity index (χ1n) is 6.23. The fraction of sp³-hybridized carbons (Fsp3) is 0.462. The molecule has 0 bridgehead atoms. The molecule has 0 aromatic heterocycles. The van der Waals surface area contributed by atoms with Gasteiger partial charge in [0, 0.05) is 0 Å². The number of nitrogens with one attached hydrogen (secondary N) is 1. The van der Waals surface area contributed by atoms with Crippen LogP contribution in [0.3, 0.4) is 0 Å². The van der Waals surface area contributed by atoms with Crippen molar-refractivity contribution in [1.82, 2.24) is 4.72 Å². The van der Waals surface area contributed by atoms with Gasteiger partial charge in [0.1, 0.15) is 17.9 Å². The van der Waals surface area contributed by atoms with E-state index >= 15 is 0 Å². The molecule has 0 atom stereocenters. The van der Waals surface area contributed by atoms with Gasteiger partial charge in [-0.05, 0) is 50.5 Å². The highest BCUT2D eigenvalue weighted by atomic mass is 32.2. The monoisotopic (exact) mass is 299 g/mol. The normalized spacial score (nSPS) is 17.1. The summed E-state index contributed by atoms with van der Waals surface area (Å²) < 4.78 is 31.7. The van der Waals surface area contributed by atoms with Crippen molar-refractivity contribution < 1.29 is 23.1 Å². The molecule has 0 amide bonds. The maximum absolute atomic E-state index is 11.9. The minimum atomic E-state index is -3.80. The third kappa shape index (κ3) is 3.29. The zero-order chi connectivity index (χ0) is 15.0. The number of carboxylic acid groups (broad SMARTS) is 1. The van der Waals surface area contributed by atoms with Crippen molar-refractivity contribution in [2.45, 2.75) is 37.2 Å². The number of hydrogen-bond acceptors (Lipinski definition) is 4. The molecule has 6 nitrogen and oxygen atoms in total. The van der Waals surface area contributed by atoms with Crippen LogP contribution in [0, 0.1) is 0 Å². The fourth-order valence-electron chi connectivity index (χ4n) is 2.04. The second-order valence-electron chi connectivity index (χ2n) is 5.35. The molecule has 2 N–H and O–H groups in total. The van der Waals surface area contributed by atoms with Gasteiger partial charge in [-0.3, -0.25) is 4.79 Å². The first-order valence-corrected chi connectivity index (χ1v) is 7.71. The Morgan fingerprint density at radius 3 is 2.80 bits per heavy atom. The standard InChI is InChI=1S/C13H17NO5S/c1-13(2)6-5-9-7-10(3-4-11(9)19-13)20(17,18)14-8-12(15)16/h3-4,7,14H,5-6,8H2,1-2H3,(H,15,16). The maximum atomic E-state index is 11.9. The molecular formula is C13H17NO5S. The zero-order valence-electron chi connectivity index (χ0n) is 11.3. The number of rotatable bonds is 4. The Hall–Kier alpha value is -1.60. The van der Waals surface area contributed by atoms with Gasteiger partial charge in [0.05, 0.1) is 4.90 Å². The summed E-state index contributed by atoms with van der Waals surface area (Å²) in [4.78, 5) is 10.5. The summed E-state index contributed by atoms with van der Waals surface area (Å²) in [6.07, 6.45) is 1.52. The average molecular weight is 299 g/mol. The molecule has 20 heavy (non-hydrogen) atoms. The average Bonchev–Trinajstić information content (AvgIpc) is 2.35. The van der Waals surface area contributed by atoms with Crippen molar-refractivity contribution in [1.29, 1.82) is 0 Å². The summed E-state index contributed by atoms with van der Waals surface area (Å²) in [5, 5.41) is 8.53. The van der Waals surface area contributed by atoms with Crippen molar-refractivity contribution in [3.05, 3.63) is 23.8 Å². The lowest BCUT2D eigenvalue weighted by atomic mass is 9.94. The van der Waals surface area contributed by atoms with Gasteiger partial charge in [0.15, 0.2) is 0 Å². The van der Waals surface area contributed by atoms with Crippen LogP contribution in [0.15, 0.2) is 23.1 Å². The van der Waals surface area contributed by atoms with Crippen molar-refractivity contribution >= 4 is 16.0 Å². The minimum Gasteiger partial charge on any atom is -0.488 e. The van der Waals surface area contributed by atoms with Crippen LogP contribution in [0.25, 0.3) is 0 Å². The molecule has 1 aliphatic rings. The first-order chi connectivity index (χ1) is 9.20. The van der Waals surface area contributed by atoms with Crippen molar-refractivity contribution in [2.24, 2.45) is 0 Å². The second-order valence-corrected chi connectivity index (χ2v) is 7.12. The lowest BCUT2D eigenvalue weighted by Gasteiger charge is -2.32. The third-order valence-electron chi connectivity index (χ3n) is 3.14. The van der Waals surface area contributed by atoms with Crippen molar-refractivity contribution in [2.75, 3.05) is 6.54 Å². The SMILES string of the molecule is CC1(C)CCc2cc(S(=O)(=O)NCC(=O)O)ccc2O1. The number of ether oxygens (including phenoxy) is 1. The summed E-state index contributed by atoms with van der Waals surface area (Å²) in [7, 11) is -3.80. The van der Waals surface area contributed by atoms with Crippen LogP contribution in [0.2, 0.25) is 0 Å². The van der Waals surface area contributed by atoms with E-state index in [9.17, 15) is 13.2 Å². The Bertz CT molecular complexity index is 636. The van der Waals surface area contributed by atoms with E-state index in [2.05, 4.69) is 0 Å². The van der Waals surface area contributed by atoms with Crippen LogP contribution in [-0.2, 0) is 21.2 Å². The van der Waals surface area contributed by atoms with Crippen molar-refractivity contribution in [3.63, 3.8) is 0 Å². The van der Waals surface area contributed by atoms with Crippen LogP contribution in [0.5, 0.6) is 5.75 Å². The molecule has 0 saturated heterocycles. The fourth-order valence-corrected chi connectivity index (χ4v) is 3.07. The number of sulfonamides is 1. The van der Waals surface area contributed by atoms with E-state index in [1.807, 2.05) is 18.6 Å². The summed E-state index contributed by atoms with van der Waals surface area (Å²) in [6.45, 7) is 3.33. The number of aliphatic carboxylic acids is 1. The van der Waals surface area contributed by atoms with Gasteiger partial charge in [-0.15, -0.1) is 0 Å². The zero-order valence-corrected chi connectivity index (χ0v) is 12.2. The van der Waals surface area contributed by atoms with Gasteiger partial charge in [0.25, 0.3) is 0 Å². The smallest absolute Gasteiger partial charge is 0.318 e. The van der Waals surface area contributed by atoms with E-state index in [0.29, 0.717) is 5.75 Å². The molecule has 1 aliphatic heterocycles. The van der Waals surface area contributed by atoms with Crippen LogP contribution in [0.4, 0.5) is 0 Å². The summed E-state index contributed by atoms with van der Waals surface area (Å²) in [5.41, 5.74) is 0.567. The number of aryl methyl sites for hydroxylation is 1. The predicted octanol–water partition coefficient (Wildman–Crippen LogP) is 1.15. The van der Waals surface area contributed by atoms with E-state index < -0.39 is 22.5 Å². The van der Waals surface area contributed by atoms with Gasteiger partial charge in [0.2, 0.25) is 10.0 Å². The molecule has 0 spiro atoms. The molecule has 1 heterocycles. The highest BCUT2D eigenvalue weighted by molar-refractivity contribution is 7.89. The number of carbonyl (C=O) groups is 1. The van der Waals surface area contributed by atoms with Gasteiger partial charge >= 0.3 is 5.97 Å². The Labute approximate surface area is 117 Å². The third-order valence-corrected chi connectivity index (χ3v) is 4.54. The second kappa shape index (κ2) is 5.06. The van der Waals surface area contributed by atoms with E-state index in [1.54, 1.807) is 6.07 Å². The molecule has 0 aliphatic carbocycles. The number of carboxylic acids is 1. The minimum absolute atomic E-state index is 0.0563. The highest BCUT2D eigenvalue weighted by Crippen LogP contribution is 2.34. The molecular weight excluding hydrogens is 282 g/mol. The van der Waals surface area contributed by atoms with Crippen LogP contribution >= 0.6 is 0 Å². The molecule has 110 valence electrons. The molecule has 1 aromatic carbocycles. The Balaban J connectivity index is 2.26. The Kier molecular flexibility index (Phi) is 3.75. The highest BCUT2D eigenvalue weighted by Gasteiger charge is 2.27. The summed E-state index contributed by atoms with van der Waals surface area (Å²) >= 11 is 0. The number of benzene rings is 1. The van der Waals surface area contributed by atoms with Crippen LogP contribution in [-0.4, -0.2) is 31.6 Å². The van der Waals surface area contributed by atoms with Gasteiger partial charge < -0.3 is 9.84 Å². The molecule has 0 unspecified atom stereocenters. The Morgan fingerprint density at radius 2 is 2.15 bits per heavy atom. The van der Waals surface area contributed by atoms with Gasteiger partial charge in [-0.25, -0.2) is 8.42 Å². The lowest BCUT2D eigenvalue weighted by molar-refractivity contribution is -0.135.